The molecule has 8 nitrogen and oxygen atoms in total. The van der Waals surface area contributed by atoms with Crippen molar-refractivity contribution < 1.29 is 9.59 Å². The number of nitrogens with zero attached hydrogens (tertiary/aromatic N) is 6. The van der Waals surface area contributed by atoms with Gasteiger partial charge >= 0.3 is 0 Å². The van der Waals surface area contributed by atoms with Crippen molar-refractivity contribution >= 4 is 17.9 Å². The van der Waals surface area contributed by atoms with E-state index in [1.165, 1.54) is 0 Å². The van der Waals surface area contributed by atoms with Gasteiger partial charge < -0.3 is 14.7 Å². The van der Waals surface area contributed by atoms with E-state index in [4.69, 9.17) is 0 Å². The average molecular weight is 605 g/mol. The molecule has 1 atom stereocenters. The predicted octanol–water partition coefficient (Wildman–Crippen LogP) is 5.30. The van der Waals surface area contributed by atoms with Crippen molar-refractivity contribution in [1.29, 1.82) is 0 Å². The van der Waals surface area contributed by atoms with Crippen LogP contribution in [-0.4, -0.2) is 80.5 Å². The first-order valence-electron chi connectivity index (χ1n) is 15.7. The lowest BCUT2D eigenvalue weighted by molar-refractivity contribution is -0.145. The van der Waals surface area contributed by atoms with E-state index in [1.807, 2.05) is 91.2 Å². The first kappa shape index (κ1) is 31.9. The molecule has 0 N–H and O–H groups in total. The van der Waals surface area contributed by atoms with Crippen molar-refractivity contribution in [3.05, 3.63) is 113 Å². The highest BCUT2D eigenvalue weighted by Gasteiger charge is 2.34. The molecular weight excluding hydrogens is 560 g/mol. The quantitative estimate of drug-likeness (QED) is 0.230. The van der Waals surface area contributed by atoms with Crippen LogP contribution in [0.2, 0.25) is 0 Å². The summed E-state index contributed by atoms with van der Waals surface area (Å²) < 4.78 is 1.82. The van der Waals surface area contributed by atoms with Crippen LogP contribution >= 0.6 is 0 Å². The zero-order valence-corrected chi connectivity index (χ0v) is 27.1. The van der Waals surface area contributed by atoms with Crippen molar-refractivity contribution in [1.82, 2.24) is 29.5 Å². The zero-order chi connectivity index (χ0) is 31.9. The molecule has 0 spiro atoms. The molecule has 3 heterocycles. The van der Waals surface area contributed by atoms with E-state index in [1.54, 1.807) is 23.4 Å². The molecule has 5 rings (SSSR count). The molecule has 2 aromatic carbocycles. The summed E-state index contributed by atoms with van der Waals surface area (Å²) in [5.41, 5.74) is 6.89. The van der Waals surface area contributed by atoms with Gasteiger partial charge in [-0.25, -0.2) is 0 Å². The van der Waals surface area contributed by atoms with Crippen LogP contribution < -0.4 is 0 Å². The number of hydrogen-bond donors (Lipinski definition) is 0. The minimum atomic E-state index is -0.656. The highest BCUT2D eigenvalue weighted by molar-refractivity contribution is 5.96. The van der Waals surface area contributed by atoms with Crippen molar-refractivity contribution in [3.8, 4) is 11.1 Å². The fourth-order valence-corrected chi connectivity index (χ4v) is 6.15. The number of hydrogen-bond acceptors (Lipinski definition) is 5. The van der Waals surface area contributed by atoms with Crippen LogP contribution in [0.15, 0.2) is 85.2 Å². The summed E-state index contributed by atoms with van der Waals surface area (Å²) in [6, 6.07) is 22.0. The second kappa shape index (κ2) is 14.5. The van der Waals surface area contributed by atoms with E-state index in [0.29, 0.717) is 32.1 Å². The number of amides is 2. The monoisotopic (exact) mass is 604 g/mol. The minimum Gasteiger partial charge on any atom is -0.341 e. The van der Waals surface area contributed by atoms with Gasteiger partial charge in [0.15, 0.2) is 0 Å². The first-order chi connectivity index (χ1) is 21.7. The molecule has 234 valence electrons. The Kier molecular flexibility index (Phi) is 10.2. The molecule has 45 heavy (non-hydrogen) atoms. The lowest BCUT2D eigenvalue weighted by Crippen LogP contribution is -2.54. The number of aromatic nitrogens is 3. The number of carbonyl (C=O) groups excluding carboxylic acids is 2. The summed E-state index contributed by atoms with van der Waals surface area (Å²) in [7, 11) is 6.09. The summed E-state index contributed by atoms with van der Waals surface area (Å²) in [6.07, 6.45) is 9.28. The zero-order valence-electron chi connectivity index (χ0n) is 27.1. The van der Waals surface area contributed by atoms with Gasteiger partial charge in [0.2, 0.25) is 11.8 Å². The third-order valence-corrected chi connectivity index (χ3v) is 9.00. The SMILES string of the molecule is Cc1nn(C)c(C)c1/C=C/C(=O)N(Cc1ccc(-c2ccncc2)cc1)[C@@H](Cc1ccccc1)C(=O)N1CCC(N(C)C)CC1. The lowest BCUT2D eigenvalue weighted by atomic mass is 9.98. The normalized spacial score (nSPS) is 14.7. The largest absolute Gasteiger partial charge is 0.341 e. The van der Waals surface area contributed by atoms with Crippen molar-refractivity contribution in [2.45, 2.75) is 51.7 Å². The van der Waals surface area contributed by atoms with Gasteiger partial charge in [-0.3, -0.25) is 19.3 Å². The number of rotatable bonds is 10. The van der Waals surface area contributed by atoms with Gasteiger partial charge in [0.1, 0.15) is 6.04 Å². The summed E-state index contributed by atoms with van der Waals surface area (Å²) in [5, 5.41) is 4.51. The van der Waals surface area contributed by atoms with Crippen LogP contribution in [-0.2, 0) is 29.6 Å². The molecule has 8 heteroatoms. The van der Waals surface area contributed by atoms with Crippen LogP contribution in [0.25, 0.3) is 17.2 Å². The number of benzene rings is 2. The van der Waals surface area contributed by atoms with Gasteiger partial charge in [-0.05, 0) is 81.2 Å². The third kappa shape index (κ3) is 7.75. The smallest absolute Gasteiger partial charge is 0.247 e. The van der Waals surface area contributed by atoms with Gasteiger partial charge in [0, 0.05) is 68.9 Å². The Bertz CT molecular complexity index is 1600. The Labute approximate surface area is 267 Å². The van der Waals surface area contributed by atoms with E-state index in [9.17, 15) is 9.59 Å². The lowest BCUT2D eigenvalue weighted by Gasteiger charge is -2.39. The van der Waals surface area contributed by atoms with Gasteiger partial charge in [0.25, 0.3) is 0 Å². The second-order valence-electron chi connectivity index (χ2n) is 12.2. The van der Waals surface area contributed by atoms with Gasteiger partial charge in [0.05, 0.1) is 5.69 Å². The summed E-state index contributed by atoms with van der Waals surface area (Å²) >= 11 is 0. The number of piperidine rings is 1. The van der Waals surface area contributed by atoms with Crippen molar-refractivity contribution in [2.24, 2.45) is 7.05 Å². The molecule has 1 aliphatic rings. The van der Waals surface area contributed by atoms with Crippen LogP contribution in [0.4, 0.5) is 0 Å². The maximum atomic E-state index is 14.4. The average Bonchev–Trinajstić information content (AvgIpc) is 3.31. The van der Waals surface area contributed by atoms with Crippen LogP contribution in [0.3, 0.4) is 0 Å². The number of carbonyl (C=O) groups is 2. The molecular formula is C37H44N6O2. The van der Waals surface area contributed by atoms with Gasteiger partial charge in [-0.2, -0.15) is 5.10 Å². The molecule has 4 aromatic rings. The molecule has 0 saturated carbocycles. The van der Waals surface area contributed by atoms with E-state index >= 15 is 0 Å². The van der Waals surface area contributed by atoms with Gasteiger partial charge in [-0.1, -0.05) is 54.6 Å². The topological polar surface area (TPSA) is 74.6 Å². The third-order valence-electron chi connectivity index (χ3n) is 9.00. The Morgan fingerprint density at radius 1 is 0.911 bits per heavy atom. The van der Waals surface area contributed by atoms with Crippen LogP contribution in [0.5, 0.6) is 0 Å². The first-order valence-corrected chi connectivity index (χ1v) is 15.7. The molecule has 2 aromatic heterocycles. The summed E-state index contributed by atoms with van der Waals surface area (Å²) in [4.78, 5) is 38.7. The Balaban J connectivity index is 1.49. The molecule has 2 amide bonds. The van der Waals surface area contributed by atoms with E-state index in [-0.39, 0.29) is 11.8 Å². The van der Waals surface area contributed by atoms with Crippen LogP contribution in [0.1, 0.15) is 40.9 Å². The highest BCUT2D eigenvalue weighted by Crippen LogP contribution is 2.24. The maximum Gasteiger partial charge on any atom is 0.247 e. The fourth-order valence-electron chi connectivity index (χ4n) is 6.15. The maximum absolute atomic E-state index is 14.4. The Morgan fingerprint density at radius 3 is 2.16 bits per heavy atom. The number of likely N-dealkylation sites (tertiary alicyclic amines) is 1. The number of pyridine rings is 1. The Hall–Kier alpha value is -4.56. The molecule has 0 bridgehead atoms. The number of aryl methyl sites for hydroxylation is 2. The standard InChI is InChI=1S/C37H44N6O2/c1-27-34(28(2)41(5)39-27)15-16-36(44)43(26-30-11-13-31(14-12-30)32-17-21-38-22-18-32)35(25-29-9-7-6-8-10-29)37(45)42-23-19-33(20-24-42)40(3)4/h6-18,21-22,33,35H,19-20,23-26H2,1-5H3/b16-15+/t35-/m0/s1. The minimum absolute atomic E-state index is 0.0000428. The molecule has 1 aliphatic heterocycles. The summed E-state index contributed by atoms with van der Waals surface area (Å²) in [6.45, 7) is 5.60. The van der Waals surface area contributed by atoms with Gasteiger partial charge in [-0.15, -0.1) is 0 Å². The van der Waals surface area contributed by atoms with Crippen LogP contribution in [0, 0.1) is 13.8 Å². The Morgan fingerprint density at radius 2 is 1.56 bits per heavy atom. The second-order valence-corrected chi connectivity index (χ2v) is 12.2. The summed E-state index contributed by atoms with van der Waals surface area (Å²) in [5.74, 6) is -0.201. The molecule has 0 radical (unpaired) electrons. The molecule has 0 aliphatic carbocycles. The predicted molar refractivity (Wildman–Crippen MR) is 179 cm³/mol. The molecule has 0 unspecified atom stereocenters. The van der Waals surface area contributed by atoms with E-state index in [0.717, 1.165) is 52.0 Å². The van der Waals surface area contributed by atoms with E-state index < -0.39 is 6.04 Å². The van der Waals surface area contributed by atoms with Crippen molar-refractivity contribution in [2.75, 3.05) is 27.2 Å². The van der Waals surface area contributed by atoms with E-state index in [2.05, 4.69) is 41.2 Å². The molecule has 1 fully saturated rings. The molecule has 1 saturated heterocycles. The highest BCUT2D eigenvalue weighted by atomic mass is 16.2. The fraction of sp³-hybridized carbons (Fsp3) is 0.351. The van der Waals surface area contributed by atoms with Crippen molar-refractivity contribution in [3.63, 3.8) is 0 Å².